The van der Waals surface area contributed by atoms with E-state index < -0.39 is 43.6 Å². The van der Waals surface area contributed by atoms with Gasteiger partial charge >= 0.3 is 12.5 Å². The van der Waals surface area contributed by atoms with Crippen molar-refractivity contribution < 1.29 is 34.4 Å². The molecule has 126 valence electrons. The topological polar surface area (TPSA) is 188 Å². The maximum atomic E-state index is 11.5. The molecule has 13 heteroatoms. The summed E-state index contributed by atoms with van der Waals surface area (Å²) in [5.41, 5.74) is 4.63. The molecule has 0 saturated carbocycles. The largest absolute Gasteiger partial charge is 0.394 e. The predicted molar refractivity (Wildman–Crippen MR) is 76.9 cm³/mol. The van der Waals surface area contributed by atoms with E-state index in [-0.39, 0.29) is 5.82 Å². The standard InChI is InChI=1S/C9H13N3O5.H3O3PS/c10-5-1-2-12(9(16)11-5)8-7(15)6(14)4(3-13)17-8;1-4(2,3)5/h1-2,4,6-8,13-15H,3H2,(H2,10,11,16);(H3,1,2,3,5)/t4-,6-,7-,8-;/m1./s1. The van der Waals surface area contributed by atoms with Crippen LogP contribution in [0.25, 0.3) is 0 Å². The van der Waals surface area contributed by atoms with Gasteiger partial charge in [0.1, 0.15) is 24.1 Å². The summed E-state index contributed by atoms with van der Waals surface area (Å²) in [6.45, 7) is -4.40. The van der Waals surface area contributed by atoms with Gasteiger partial charge in [0.2, 0.25) is 0 Å². The molecule has 0 aromatic carbocycles. The van der Waals surface area contributed by atoms with Crippen molar-refractivity contribution in [3.8, 4) is 0 Å². The average molecular weight is 357 g/mol. The van der Waals surface area contributed by atoms with Crippen LogP contribution in [0.15, 0.2) is 17.1 Å². The lowest BCUT2D eigenvalue weighted by atomic mass is 10.1. The second kappa shape index (κ2) is 7.53. The zero-order valence-electron chi connectivity index (χ0n) is 11.0. The molecule has 22 heavy (non-hydrogen) atoms. The van der Waals surface area contributed by atoms with Gasteiger partial charge in [0.25, 0.3) is 0 Å². The highest BCUT2D eigenvalue weighted by Gasteiger charge is 2.43. The minimum absolute atomic E-state index is 0.0537. The second-order valence-corrected chi connectivity index (χ2v) is 6.87. The molecule has 2 rings (SSSR count). The molecule has 0 spiro atoms. The van der Waals surface area contributed by atoms with Crippen LogP contribution >= 0.6 is 19.0 Å². The zero-order valence-corrected chi connectivity index (χ0v) is 12.8. The molecule has 0 unspecified atom stereocenters. The van der Waals surface area contributed by atoms with Crippen LogP contribution in [0.3, 0.4) is 0 Å². The Morgan fingerprint density at radius 1 is 1.41 bits per heavy atom. The Balaban J connectivity index is 0.000000422. The predicted octanol–water partition coefficient (Wildman–Crippen LogP) is -2.55. The molecule has 1 fully saturated rings. The van der Waals surface area contributed by atoms with Crippen molar-refractivity contribution in [1.82, 2.24) is 9.55 Å². The third kappa shape index (κ3) is 5.34. The highest BCUT2D eigenvalue weighted by atomic mass is 32.7. The Labute approximate surface area is 129 Å². The normalized spacial score (nSPS) is 28.1. The Bertz CT molecular complexity index is 599. The number of anilines is 1. The van der Waals surface area contributed by atoms with E-state index in [2.05, 4.69) is 17.2 Å². The number of rotatable bonds is 2. The van der Waals surface area contributed by atoms with E-state index in [0.717, 1.165) is 4.57 Å². The molecule has 7 N–H and O–H groups in total. The van der Waals surface area contributed by atoms with E-state index in [1.165, 1.54) is 12.3 Å². The van der Waals surface area contributed by atoms with Crippen LogP contribution in [0.1, 0.15) is 6.23 Å². The number of aliphatic hydroxyl groups excluding tert-OH is 3. The fourth-order valence-corrected chi connectivity index (χ4v) is 1.73. The molecule has 1 aliphatic heterocycles. The Kier molecular flexibility index (Phi) is 6.52. The molecule has 1 aliphatic rings. The molecule has 11 nitrogen and oxygen atoms in total. The third-order valence-corrected chi connectivity index (χ3v) is 2.64. The summed E-state index contributed by atoms with van der Waals surface area (Å²) in [6, 6.07) is 1.37. The highest BCUT2D eigenvalue weighted by molar-refractivity contribution is 8.43. The first kappa shape index (κ1) is 19.1. The summed E-state index contributed by atoms with van der Waals surface area (Å²) in [5, 5.41) is 28.2. The highest BCUT2D eigenvalue weighted by Crippen LogP contribution is 2.39. The number of nitrogens with two attached hydrogens (primary N) is 1. The lowest BCUT2D eigenvalue weighted by Gasteiger charge is -2.16. The van der Waals surface area contributed by atoms with Crippen LogP contribution in [0.5, 0.6) is 0 Å². The van der Waals surface area contributed by atoms with E-state index in [9.17, 15) is 19.6 Å². The maximum absolute atomic E-state index is 11.5. The minimum Gasteiger partial charge on any atom is -0.394 e. The van der Waals surface area contributed by atoms with Crippen LogP contribution < -0.4 is 11.4 Å². The van der Waals surface area contributed by atoms with Gasteiger partial charge in [0, 0.05) is 6.20 Å². The molecule has 1 aromatic rings. The second-order valence-electron chi connectivity index (χ2n) is 4.28. The van der Waals surface area contributed by atoms with Gasteiger partial charge in [-0.25, -0.2) is 9.36 Å². The molecule has 0 aliphatic carbocycles. The summed E-state index contributed by atoms with van der Waals surface area (Å²) in [7, 11) is 0. The number of aromatic nitrogens is 2. The quantitative estimate of drug-likeness (QED) is 0.219. The molecule has 0 radical (unpaired) electrons. The smallest absolute Gasteiger partial charge is 0.380 e. The molecular weight excluding hydrogens is 341 g/mol. The number of nitrogen functional groups attached to an aromatic ring is 1. The SMILES string of the molecule is Nc1ccn([C@@H]2O[C@H](CO)[C@@H](O)[C@H]2O)c(=O)n1.O=P(O)(O)S. The van der Waals surface area contributed by atoms with Crippen molar-refractivity contribution in [3.05, 3.63) is 22.7 Å². The first-order chi connectivity index (χ1) is 10.0. The third-order valence-electron chi connectivity index (χ3n) is 2.64. The van der Waals surface area contributed by atoms with Crippen LogP contribution in [0.4, 0.5) is 5.82 Å². The van der Waals surface area contributed by atoms with Crippen molar-refractivity contribution in [1.29, 1.82) is 0 Å². The molecule has 4 atom stereocenters. The molecule has 1 saturated heterocycles. The minimum atomic E-state index is -3.94. The van der Waals surface area contributed by atoms with Gasteiger partial charge < -0.3 is 35.6 Å². The van der Waals surface area contributed by atoms with Gasteiger partial charge in [-0.05, 0) is 6.07 Å². The molecule has 2 heterocycles. The van der Waals surface area contributed by atoms with Crippen LogP contribution in [-0.2, 0) is 9.30 Å². The molecule has 1 aromatic heterocycles. The van der Waals surface area contributed by atoms with Gasteiger partial charge in [0.15, 0.2) is 6.23 Å². The fourth-order valence-electron chi connectivity index (χ4n) is 1.73. The Hall–Kier alpha value is -0.980. The van der Waals surface area contributed by atoms with Gasteiger partial charge in [-0.15, -0.1) is 0 Å². The number of hydrogen-bond donors (Lipinski definition) is 7. The van der Waals surface area contributed by atoms with Gasteiger partial charge in [-0.2, -0.15) is 4.98 Å². The Morgan fingerprint density at radius 3 is 2.36 bits per heavy atom. The van der Waals surface area contributed by atoms with E-state index in [0.29, 0.717) is 0 Å². The number of ether oxygens (including phenoxy) is 1. The summed E-state index contributed by atoms with van der Waals surface area (Å²) in [5.74, 6) is 0.0537. The number of hydrogen-bond acceptors (Lipinski definition) is 8. The van der Waals surface area contributed by atoms with Crippen molar-refractivity contribution >= 4 is 24.9 Å². The van der Waals surface area contributed by atoms with Crippen molar-refractivity contribution in [3.63, 3.8) is 0 Å². The first-order valence-corrected chi connectivity index (χ1v) is 8.56. The molecular formula is C9H16N3O8PS. The van der Waals surface area contributed by atoms with Gasteiger partial charge in [0.05, 0.1) is 6.61 Å². The van der Waals surface area contributed by atoms with Gasteiger partial charge in [-0.1, -0.05) is 12.2 Å². The molecule has 0 bridgehead atoms. The van der Waals surface area contributed by atoms with Crippen LogP contribution in [-0.4, -0.2) is 59.6 Å². The number of nitrogens with zero attached hydrogens (tertiary/aromatic N) is 2. The lowest BCUT2D eigenvalue weighted by Crippen LogP contribution is -2.36. The summed E-state index contributed by atoms with van der Waals surface area (Å²) >= 11 is 2.79. The van der Waals surface area contributed by atoms with Crippen LogP contribution in [0.2, 0.25) is 0 Å². The summed E-state index contributed by atoms with van der Waals surface area (Å²) in [6.07, 6.45) is -3.27. The monoisotopic (exact) mass is 357 g/mol. The van der Waals surface area contributed by atoms with E-state index >= 15 is 0 Å². The van der Waals surface area contributed by atoms with E-state index in [4.69, 9.17) is 25.4 Å². The maximum Gasteiger partial charge on any atom is 0.380 e. The summed E-state index contributed by atoms with van der Waals surface area (Å²) < 4.78 is 15.4. The average Bonchev–Trinajstić information content (AvgIpc) is 2.64. The number of aliphatic hydroxyl groups is 3. The molecule has 0 amide bonds. The Morgan fingerprint density at radius 2 is 1.95 bits per heavy atom. The lowest BCUT2D eigenvalue weighted by molar-refractivity contribution is -0.0549. The first-order valence-electron chi connectivity index (χ1n) is 5.80. The van der Waals surface area contributed by atoms with Crippen molar-refractivity contribution in [2.75, 3.05) is 12.3 Å². The van der Waals surface area contributed by atoms with Crippen molar-refractivity contribution in [2.24, 2.45) is 0 Å². The summed E-state index contributed by atoms with van der Waals surface area (Å²) in [4.78, 5) is 30.0. The van der Waals surface area contributed by atoms with Gasteiger partial charge in [-0.3, -0.25) is 4.57 Å². The van der Waals surface area contributed by atoms with E-state index in [1.807, 2.05) is 0 Å². The van der Waals surface area contributed by atoms with Crippen LogP contribution in [0, 0.1) is 0 Å². The fraction of sp³-hybridized carbons (Fsp3) is 0.556. The van der Waals surface area contributed by atoms with E-state index in [1.54, 1.807) is 0 Å². The zero-order chi connectivity index (χ0) is 17.1. The van der Waals surface area contributed by atoms with Crippen molar-refractivity contribution in [2.45, 2.75) is 24.5 Å². The number of thiol groups is 1.